The summed E-state index contributed by atoms with van der Waals surface area (Å²) in [7, 11) is 1.59. The average molecular weight is 316 g/mol. The molecule has 0 bridgehead atoms. The Bertz CT molecular complexity index is 879. The molecule has 3 rings (SSSR count). The van der Waals surface area contributed by atoms with Gasteiger partial charge in [-0.3, -0.25) is 9.78 Å². The van der Waals surface area contributed by atoms with Crippen molar-refractivity contribution in [1.29, 1.82) is 0 Å². The maximum Gasteiger partial charge on any atom is 0.341 e. The fraction of sp³-hybridized carbons (Fsp3) is 0.143. The van der Waals surface area contributed by atoms with Gasteiger partial charge in [-0.1, -0.05) is 0 Å². The number of carbonyl (C=O) groups excluding carboxylic acids is 1. The molecule has 2 N–H and O–H groups in total. The van der Waals surface area contributed by atoms with Crippen LogP contribution in [0.4, 0.5) is 4.39 Å². The first-order chi connectivity index (χ1) is 11.0. The second-order valence-electron chi connectivity index (χ2n) is 4.96. The minimum absolute atomic E-state index is 0.0524. The zero-order valence-electron chi connectivity index (χ0n) is 12.2. The topological polar surface area (TPSA) is 99.7 Å². The van der Waals surface area contributed by atoms with Gasteiger partial charge in [0.1, 0.15) is 5.82 Å². The molecule has 0 spiro atoms. The van der Waals surface area contributed by atoms with E-state index in [0.29, 0.717) is 5.69 Å². The van der Waals surface area contributed by atoms with Crippen LogP contribution in [0.3, 0.4) is 0 Å². The number of amides is 1. The van der Waals surface area contributed by atoms with Gasteiger partial charge in [-0.25, -0.2) is 19.0 Å². The van der Waals surface area contributed by atoms with Crippen molar-refractivity contribution in [2.75, 3.05) is 7.05 Å². The molecule has 0 unspecified atom stereocenters. The largest absolute Gasteiger partial charge is 0.341 e. The van der Waals surface area contributed by atoms with E-state index in [0.717, 1.165) is 5.56 Å². The first-order valence-corrected chi connectivity index (χ1v) is 6.72. The number of nitrogens with zero attached hydrogens (tertiary/aromatic N) is 4. The van der Waals surface area contributed by atoms with Gasteiger partial charge in [-0.15, -0.1) is 5.10 Å². The van der Waals surface area contributed by atoms with E-state index in [1.807, 2.05) is 0 Å². The molecule has 118 valence electrons. The van der Waals surface area contributed by atoms with Crippen molar-refractivity contribution in [2.24, 2.45) is 0 Å². The van der Waals surface area contributed by atoms with E-state index in [1.165, 1.54) is 17.0 Å². The Morgan fingerprint density at radius 1 is 1.35 bits per heavy atom. The van der Waals surface area contributed by atoms with Crippen LogP contribution in [0.25, 0.3) is 5.69 Å². The van der Waals surface area contributed by atoms with Crippen LogP contribution in [0.2, 0.25) is 0 Å². The number of rotatable bonds is 4. The van der Waals surface area contributed by atoms with Gasteiger partial charge >= 0.3 is 5.69 Å². The van der Waals surface area contributed by atoms with Gasteiger partial charge in [-0.05, 0) is 24.3 Å². The van der Waals surface area contributed by atoms with Crippen molar-refractivity contribution in [3.05, 3.63) is 64.3 Å². The molecule has 2 aromatic heterocycles. The minimum atomic E-state index is -0.536. The smallest absolute Gasteiger partial charge is 0.335 e. The normalized spacial score (nSPS) is 10.7. The van der Waals surface area contributed by atoms with E-state index in [-0.39, 0.29) is 18.2 Å². The Morgan fingerprint density at radius 2 is 2.09 bits per heavy atom. The zero-order chi connectivity index (χ0) is 16.4. The van der Waals surface area contributed by atoms with Crippen LogP contribution in [0.15, 0.2) is 41.5 Å². The molecule has 0 aliphatic heterocycles. The summed E-state index contributed by atoms with van der Waals surface area (Å²) in [6, 6.07) is 5.91. The average Bonchev–Trinajstić information content (AvgIpc) is 3.16. The van der Waals surface area contributed by atoms with E-state index >= 15 is 0 Å². The van der Waals surface area contributed by atoms with E-state index in [4.69, 9.17) is 0 Å². The van der Waals surface area contributed by atoms with Crippen LogP contribution >= 0.6 is 0 Å². The molecule has 0 saturated heterocycles. The van der Waals surface area contributed by atoms with Crippen LogP contribution in [-0.2, 0) is 6.54 Å². The quantitative estimate of drug-likeness (QED) is 0.740. The first kappa shape index (κ1) is 14.7. The van der Waals surface area contributed by atoms with Gasteiger partial charge in [0.2, 0.25) is 5.82 Å². The van der Waals surface area contributed by atoms with Crippen LogP contribution < -0.4 is 5.69 Å². The maximum absolute atomic E-state index is 12.9. The summed E-state index contributed by atoms with van der Waals surface area (Å²) >= 11 is 0. The number of nitrogens with one attached hydrogen (secondary N) is 2. The number of aromatic nitrogens is 5. The molecular formula is C14H13FN6O2. The molecule has 0 fully saturated rings. The van der Waals surface area contributed by atoms with Gasteiger partial charge in [0.15, 0.2) is 0 Å². The zero-order valence-corrected chi connectivity index (χ0v) is 12.2. The van der Waals surface area contributed by atoms with Gasteiger partial charge in [0.05, 0.1) is 11.9 Å². The minimum Gasteiger partial charge on any atom is -0.335 e. The molecule has 0 saturated carbocycles. The lowest BCUT2D eigenvalue weighted by Gasteiger charge is -2.13. The van der Waals surface area contributed by atoms with Crippen LogP contribution in [0, 0.1) is 5.82 Å². The third-order valence-corrected chi connectivity index (χ3v) is 3.20. The third-order valence-electron chi connectivity index (χ3n) is 3.20. The first-order valence-electron chi connectivity index (χ1n) is 6.72. The molecule has 8 nitrogen and oxygen atoms in total. The molecule has 2 heterocycles. The van der Waals surface area contributed by atoms with Gasteiger partial charge in [0, 0.05) is 25.4 Å². The highest BCUT2D eigenvalue weighted by Crippen LogP contribution is 2.11. The van der Waals surface area contributed by atoms with Crippen molar-refractivity contribution in [3.8, 4) is 5.69 Å². The summed E-state index contributed by atoms with van der Waals surface area (Å²) in [6.45, 7) is 0.287. The summed E-state index contributed by atoms with van der Waals surface area (Å²) in [5.41, 5.74) is 0.956. The summed E-state index contributed by atoms with van der Waals surface area (Å²) in [5.74, 6) is -0.791. The van der Waals surface area contributed by atoms with Crippen molar-refractivity contribution < 1.29 is 9.18 Å². The van der Waals surface area contributed by atoms with Crippen LogP contribution in [0.1, 0.15) is 16.2 Å². The summed E-state index contributed by atoms with van der Waals surface area (Å²) in [4.78, 5) is 26.8. The van der Waals surface area contributed by atoms with E-state index < -0.39 is 11.6 Å². The van der Waals surface area contributed by atoms with Crippen molar-refractivity contribution in [1.82, 2.24) is 29.9 Å². The van der Waals surface area contributed by atoms with Gasteiger partial charge in [-0.2, -0.15) is 5.10 Å². The molecular weight excluding hydrogens is 303 g/mol. The van der Waals surface area contributed by atoms with Crippen molar-refractivity contribution >= 4 is 5.91 Å². The Hall–Kier alpha value is -3.23. The monoisotopic (exact) mass is 316 g/mol. The molecule has 0 atom stereocenters. The highest BCUT2D eigenvalue weighted by Gasteiger charge is 2.16. The molecule has 23 heavy (non-hydrogen) atoms. The Labute approximate surface area is 129 Å². The number of benzene rings is 1. The number of hydrogen-bond donors (Lipinski definition) is 2. The molecule has 0 radical (unpaired) electrons. The number of H-pyrrole nitrogens is 2. The predicted molar refractivity (Wildman–Crippen MR) is 78.5 cm³/mol. The maximum atomic E-state index is 12.9. The molecule has 3 aromatic rings. The SMILES string of the molecule is CN(Cc1cnn(-c2ccc(F)cc2)c1)C(=O)c1n[nH]c(=O)[nH]1. The van der Waals surface area contributed by atoms with Crippen molar-refractivity contribution in [2.45, 2.75) is 6.54 Å². The molecule has 0 aliphatic carbocycles. The third kappa shape index (κ3) is 3.18. The number of carbonyl (C=O) groups is 1. The van der Waals surface area contributed by atoms with Crippen LogP contribution in [-0.4, -0.2) is 42.8 Å². The number of halogens is 1. The molecule has 0 aliphatic rings. The highest BCUT2D eigenvalue weighted by atomic mass is 19.1. The summed E-state index contributed by atoms with van der Waals surface area (Å²) < 4.78 is 14.5. The summed E-state index contributed by atoms with van der Waals surface area (Å²) in [6.07, 6.45) is 3.35. The standard InChI is InChI=1S/C14H13FN6O2/c1-20(13(22)12-17-14(23)19-18-12)7-9-6-16-21(8-9)11-4-2-10(15)3-5-11/h2-6,8H,7H2,1H3,(H2,17,18,19,23). The lowest BCUT2D eigenvalue weighted by molar-refractivity contribution is 0.0773. The van der Waals surface area contributed by atoms with Gasteiger partial charge < -0.3 is 4.90 Å². The van der Waals surface area contributed by atoms with E-state index in [2.05, 4.69) is 20.3 Å². The fourth-order valence-electron chi connectivity index (χ4n) is 2.07. The molecule has 1 aromatic carbocycles. The summed E-state index contributed by atoms with van der Waals surface area (Å²) in [5, 5.41) is 9.92. The Balaban J connectivity index is 1.72. The fourth-order valence-corrected chi connectivity index (χ4v) is 2.07. The Kier molecular flexibility index (Phi) is 3.75. The predicted octanol–water partition coefficient (Wildman–Crippen LogP) is 0.695. The molecule has 9 heteroatoms. The second-order valence-corrected chi connectivity index (χ2v) is 4.96. The Morgan fingerprint density at radius 3 is 2.74 bits per heavy atom. The molecule has 1 amide bonds. The number of hydrogen-bond acceptors (Lipinski definition) is 4. The highest BCUT2D eigenvalue weighted by molar-refractivity contribution is 5.90. The lowest BCUT2D eigenvalue weighted by atomic mass is 10.3. The van der Waals surface area contributed by atoms with Crippen LogP contribution in [0.5, 0.6) is 0 Å². The van der Waals surface area contributed by atoms with E-state index in [9.17, 15) is 14.0 Å². The second kappa shape index (κ2) is 5.87. The number of aromatic amines is 2. The van der Waals surface area contributed by atoms with Gasteiger partial charge in [0.25, 0.3) is 5.91 Å². The van der Waals surface area contributed by atoms with E-state index in [1.54, 1.807) is 36.3 Å². The lowest BCUT2D eigenvalue weighted by Crippen LogP contribution is -2.27. The van der Waals surface area contributed by atoms with Crippen molar-refractivity contribution in [3.63, 3.8) is 0 Å².